The van der Waals surface area contributed by atoms with Crippen LogP contribution >= 0.6 is 0 Å². The van der Waals surface area contributed by atoms with Crippen molar-refractivity contribution in [1.82, 2.24) is 0 Å². The van der Waals surface area contributed by atoms with E-state index in [0.29, 0.717) is 5.56 Å². The van der Waals surface area contributed by atoms with Gasteiger partial charge in [-0.3, -0.25) is 0 Å². The van der Waals surface area contributed by atoms with Gasteiger partial charge in [-0.1, -0.05) is 84.3 Å². The van der Waals surface area contributed by atoms with E-state index in [0.717, 1.165) is 27.5 Å². The Balaban J connectivity index is 1.84. The lowest BCUT2D eigenvalue weighted by Crippen LogP contribution is -1.87. The molecule has 0 amide bonds. The third-order valence-electron chi connectivity index (χ3n) is 4.24. The summed E-state index contributed by atoms with van der Waals surface area (Å²) in [5, 5.41) is 12.5. The monoisotopic (exact) mass is 344 g/mol. The number of benzene rings is 4. The number of phenolic OH excluding ortho intramolecular Hbond substituents is 1. The van der Waals surface area contributed by atoms with Crippen molar-refractivity contribution in [1.29, 1.82) is 0 Å². The predicted octanol–water partition coefficient (Wildman–Crippen LogP) is 5.35. The van der Waals surface area contributed by atoms with E-state index in [1.165, 1.54) is 0 Å². The van der Waals surface area contributed by atoms with Crippen LogP contribution in [0.2, 0.25) is 0 Å². The van der Waals surface area contributed by atoms with E-state index in [2.05, 4.69) is 23.7 Å². The van der Waals surface area contributed by atoms with Gasteiger partial charge in [0.25, 0.3) is 0 Å². The molecule has 0 heterocycles. The molecule has 0 fully saturated rings. The molecule has 0 bridgehead atoms. The number of rotatable bonds is 0. The maximum absolute atomic E-state index is 10.6. The molecule has 0 aliphatic carbocycles. The van der Waals surface area contributed by atoms with Gasteiger partial charge in [-0.2, -0.15) is 0 Å². The Bertz CT molecular complexity index is 1210. The molecule has 4 aromatic carbocycles. The Morgan fingerprint density at radius 1 is 0.519 bits per heavy atom. The third-order valence-corrected chi connectivity index (χ3v) is 4.24. The van der Waals surface area contributed by atoms with Crippen LogP contribution in [-0.2, 0) is 0 Å². The van der Waals surface area contributed by atoms with Gasteiger partial charge < -0.3 is 5.11 Å². The van der Waals surface area contributed by atoms with Gasteiger partial charge in [-0.25, -0.2) is 0 Å². The van der Waals surface area contributed by atoms with Gasteiger partial charge in [0.05, 0.1) is 5.56 Å². The molecule has 0 aliphatic heterocycles. The van der Waals surface area contributed by atoms with E-state index in [-0.39, 0.29) is 5.75 Å². The molecule has 0 radical (unpaired) electrons. The van der Waals surface area contributed by atoms with Crippen molar-refractivity contribution < 1.29 is 5.11 Å². The van der Waals surface area contributed by atoms with Gasteiger partial charge in [-0.15, -0.1) is 0 Å². The van der Waals surface area contributed by atoms with Crippen LogP contribution in [0.15, 0.2) is 91.0 Å². The fraction of sp³-hybridized carbons (Fsp3) is 0. The highest BCUT2D eigenvalue weighted by Crippen LogP contribution is 2.29. The molecule has 1 heteroatoms. The lowest BCUT2D eigenvalue weighted by atomic mass is 9.98. The topological polar surface area (TPSA) is 20.2 Å². The molecule has 27 heavy (non-hydrogen) atoms. The van der Waals surface area contributed by atoms with Gasteiger partial charge in [0.2, 0.25) is 0 Å². The second kappa shape index (κ2) is 7.52. The van der Waals surface area contributed by atoms with Crippen molar-refractivity contribution in [2.24, 2.45) is 0 Å². The Morgan fingerprint density at radius 3 is 1.67 bits per heavy atom. The summed E-state index contributed by atoms with van der Waals surface area (Å²) < 4.78 is 0. The molecular formula is C26H16O. The average molecular weight is 344 g/mol. The lowest BCUT2D eigenvalue weighted by molar-refractivity contribution is 0.474. The number of phenols is 1. The molecule has 1 nitrogen and oxygen atoms in total. The molecule has 4 aromatic rings. The molecule has 0 saturated carbocycles. The first kappa shape index (κ1) is 16.5. The van der Waals surface area contributed by atoms with E-state index in [1.54, 1.807) is 6.07 Å². The van der Waals surface area contributed by atoms with E-state index in [9.17, 15) is 5.11 Å². The first-order chi connectivity index (χ1) is 13.3. The minimum atomic E-state index is 0.148. The molecule has 0 saturated heterocycles. The molecule has 0 unspecified atom stereocenters. The fourth-order valence-corrected chi connectivity index (χ4v) is 2.91. The lowest BCUT2D eigenvalue weighted by Gasteiger charge is -2.06. The zero-order valence-corrected chi connectivity index (χ0v) is 14.6. The molecule has 126 valence electrons. The minimum Gasteiger partial charge on any atom is -0.507 e. The normalized spacial score (nSPS) is 9.78. The number of fused-ring (bicyclic) bond motifs is 1. The molecule has 0 aromatic heterocycles. The summed E-state index contributed by atoms with van der Waals surface area (Å²) in [5.74, 6) is 12.7. The summed E-state index contributed by atoms with van der Waals surface area (Å²) in [4.78, 5) is 0. The quantitative estimate of drug-likeness (QED) is 0.427. The second-order valence-electron chi connectivity index (χ2n) is 6.10. The summed E-state index contributed by atoms with van der Waals surface area (Å²) in [6.07, 6.45) is 0. The van der Waals surface area contributed by atoms with Crippen LogP contribution in [0, 0.1) is 23.7 Å². The number of hydrogen-bond acceptors (Lipinski definition) is 1. The van der Waals surface area contributed by atoms with Gasteiger partial charge in [0, 0.05) is 22.1 Å². The standard InChI is InChI=1S/C26H16O/c27-26-19-22(17-15-20-9-3-1-4-10-20)23-13-7-8-14-24(23)25(26)18-16-21-11-5-2-6-12-21/h1-14,19,27H. The van der Waals surface area contributed by atoms with Crippen LogP contribution < -0.4 is 0 Å². The predicted molar refractivity (Wildman–Crippen MR) is 110 cm³/mol. The van der Waals surface area contributed by atoms with Crippen molar-refractivity contribution >= 4 is 10.8 Å². The van der Waals surface area contributed by atoms with Crippen LogP contribution in [0.3, 0.4) is 0 Å². The Kier molecular flexibility index (Phi) is 4.60. The Hall–Kier alpha value is -3.94. The summed E-state index contributed by atoms with van der Waals surface area (Å²) in [5.41, 5.74) is 3.26. The van der Waals surface area contributed by atoms with Crippen LogP contribution in [0.1, 0.15) is 22.3 Å². The fourth-order valence-electron chi connectivity index (χ4n) is 2.91. The molecule has 0 spiro atoms. The summed E-state index contributed by atoms with van der Waals surface area (Å²) in [7, 11) is 0. The number of aromatic hydroxyl groups is 1. The summed E-state index contributed by atoms with van der Waals surface area (Å²) >= 11 is 0. The van der Waals surface area contributed by atoms with Crippen molar-refractivity contribution in [2.75, 3.05) is 0 Å². The zero-order chi connectivity index (χ0) is 18.5. The molecule has 0 atom stereocenters. The maximum atomic E-state index is 10.6. The first-order valence-electron chi connectivity index (χ1n) is 8.70. The minimum absolute atomic E-state index is 0.148. The van der Waals surface area contributed by atoms with Gasteiger partial charge in [0.1, 0.15) is 5.75 Å². The van der Waals surface area contributed by atoms with E-state index >= 15 is 0 Å². The SMILES string of the molecule is Oc1cc(C#Cc2ccccc2)c2ccccc2c1C#Cc1ccccc1. The maximum Gasteiger partial charge on any atom is 0.133 e. The summed E-state index contributed by atoms with van der Waals surface area (Å²) in [6.45, 7) is 0. The third kappa shape index (κ3) is 3.69. The van der Waals surface area contributed by atoms with Gasteiger partial charge in [0.15, 0.2) is 0 Å². The number of hydrogen-bond donors (Lipinski definition) is 1. The van der Waals surface area contributed by atoms with Crippen molar-refractivity contribution in [3.63, 3.8) is 0 Å². The van der Waals surface area contributed by atoms with E-state index < -0.39 is 0 Å². The van der Waals surface area contributed by atoms with E-state index in [4.69, 9.17) is 0 Å². The molecule has 4 rings (SSSR count). The van der Waals surface area contributed by atoms with Gasteiger partial charge in [-0.05, 0) is 35.7 Å². The van der Waals surface area contributed by atoms with Crippen LogP contribution in [-0.4, -0.2) is 5.11 Å². The second-order valence-corrected chi connectivity index (χ2v) is 6.10. The average Bonchev–Trinajstić information content (AvgIpc) is 2.73. The van der Waals surface area contributed by atoms with Crippen LogP contribution in [0.5, 0.6) is 5.75 Å². The van der Waals surface area contributed by atoms with Gasteiger partial charge >= 0.3 is 0 Å². The molecule has 0 aliphatic rings. The molecular weight excluding hydrogens is 328 g/mol. The van der Waals surface area contributed by atoms with E-state index in [1.807, 2.05) is 84.9 Å². The summed E-state index contributed by atoms with van der Waals surface area (Å²) in [6, 6.07) is 29.2. The largest absolute Gasteiger partial charge is 0.507 e. The Morgan fingerprint density at radius 2 is 1.04 bits per heavy atom. The van der Waals surface area contributed by atoms with Crippen molar-refractivity contribution in [2.45, 2.75) is 0 Å². The highest BCUT2D eigenvalue weighted by Gasteiger charge is 2.08. The van der Waals surface area contributed by atoms with Crippen molar-refractivity contribution in [3.8, 4) is 29.4 Å². The first-order valence-corrected chi connectivity index (χ1v) is 8.70. The molecule has 1 N–H and O–H groups in total. The van der Waals surface area contributed by atoms with Crippen molar-refractivity contribution in [3.05, 3.63) is 113 Å². The smallest absolute Gasteiger partial charge is 0.133 e. The highest BCUT2D eigenvalue weighted by molar-refractivity contribution is 5.95. The Labute approximate surface area is 158 Å². The van der Waals surface area contributed by atoms with Crippen LogP contribution in [0.4, 0.5) is 0 Å². The van der Waals surface area contributed by atoms with Crippen LogP contribution in [0.25, 0.3) is 10.8 Å². The zero-order valence-electron chi connectivity index (χ0n) is 14.6. The highest BCUT2D eigenvalue weighted by atomic mass is 16.3.